The lowest BCUT2D eigenvalue weighted by atomic mass is 9.98. The van der Waals surface area contributed by atoms with Gasteiger partial charge in [-0.2, -0.15) is 0 Å². The number of hydrogen-bond donors (Lipinski definition) is 0. The molecule has 0 aliphatic heterocycles. The highest BCUT2D eigenvalue weighted by Crippen LogP contribution is 2.41. The Morgan fingerprint density at radius 2 is 0.516 bits per heavy atom. The summed E-state index contributed by atoms with van der Waals surface area (Å²) in [5.74, 6) is 1.62. The minimum Gasteiger partial charge on any atom is -0.457 e. The van der Waals surface area contributed by atoms with E-state index in [1.165, 1.54) is 76.6 Å². The second kappa shape index (κ2) is 14.5. The summed E-state index contributed by atoms with van der Waals surface area (Å²) in [6.45, 7) is 0. The predicted molar refractivity (Wildman–Crippen MR) is 267 cm³/mol. The zero-order valence-corrected chi connectivity index (χ0v) is 34.8. The van der Waals surface area contributed by atoms with Crippen molar-refractivity contribution >= 4 is 65.4 Å². The molecule has 0 radical (unpaired) electrons. The van der Waals surface area contributed by atoms with Gasteiger partial charge < -0.3 is 18.4 Å². The lowest BCUT2D eigenvalue weighted by Crippen LogP contribution is -1.94. The standard InChI is InChI=1S/C60H39N3O/c1-4-14-44(15-5-1)61-55-22-12-10-20-49(55)51-36-40(24-32-57(51)61)42-26-34-59-53(38-42)54-39-43(27-35-60(54)63(59)46-28-30-48(31-29-46)64-47-18-8-3-9-19-47)41-25-33-58-52(37-41)50-21-11-13-23-56(50)62(58)45-16-6-2-7-17-45/h1-39H. The summed E-state index contributed by atoms with van der Waals surface area (Å²) < 4.78 is 13.3. The summed E-state index contributed by atoms with van der Waals surface area (Å²) in [5, 5.41) is 7.37. The van der Waals surface area contributed by atoms with Gasteiger partial charge in [-0.15, -0.1) is 0 Å². The van der Waals surface area contributed by atoms with Crippen molar-refractivity contribution in [2.75, 3.05) is 0 Å². The van der Waals surface area contributed by atoms with Gasteiger partial charge in [-0.3, -0.25) is 0 Å². The number of para-hydroxylation sites is 5. The van der Waals surface area contributed by atoms with E-state index >= 15 is 0 Å². The summed E-state index contributed by atoms with van der Waals surface area (Å²) in [6.07, 6.45) is 0. The summed E-state index contributed by atoms with van der Waals surface area (Å²) >= 11 is 0. The van der Waals surface area contributed by atoms with Crippen LogP contribution in [0.5, 0.6) is 11.5 Å². The highest BCUT2D eigenvalue weighted by atomic mass is 16.5. The molecular formula is C60H39N3O. The van der Waals surface area contributed by atoms with Gasteiger partial charge in [0.15, 0.2) is 0 Å². The van der Waals surface area contributed by atoms with Crippen molar-refractivity contribution in [3.63, 3.8) is 0 Å². The molecule has 13 aromatic rings. The van der Waals surface area contributed by atoms with Crippen LogP contribution in [-0.4, -0.2) is 13.7 Å². The maximum atomic E-state index is 6.21. The Hall–Kier alpha value is -8.60. The van der Waals surface area contributed by atoms with Gasteiger partial charge in [0.25, 0.3) is 0 Å². The fourth-order valence-electron chi connectivity index (χ4n) is 9.96. The van der Waals surface area contributed by atoms with Gasteiger partial charge in [-0.1, -0.05) is 115 Å². The number of hydrogen-bond acceptors (Lipinski definition) is 1. The molecule has 4 nitrogen and oxygen atoms in total. The maximum absolute atomic E-state index is 6.21. The van der Waals surface area contributed by atoms with Gasteiger partial charge in [-0.05, 0) is 144 Å². The molecule has 3 aromatic heterocycles. The van der Waals surface area contributed by atoms with Crippen molar-refractivity contribution in [3.8, 4) is 50.8 Å². The first-order valence-corrected chi connectivity index (χ1v) is 21.8. The van der Waals surface area contributed by atoms with Gasteiger partial charge in [0, 0.05) is 49.4 Å². The Morgan fingerprint density at radius 1 is 0.219 bits per heavy atom. The molecule has 4 heteroatoms. The zero-order valence-electron chi connectivity index (χ0n) is 34.8. The zero-order chi connectivity index (χ0) is 42.1. The van der Waals surface area contributed by atoms with E-state index in [9.17, 15) is 0 Å². The van der Waals surface area contributed by atoms with Crippen LogP contribution in [0.25, 0.3) is 105 Å². The molecule has 0 atom stereocenters. The summed E-state index contributed by atoms with van der Waals surface area (Å²) in [5.41, 5.74) is 15.2. The molecule has 3 heterocycles. The average Bonchev–Trinajstić information content (AvgIpc) is 4.00. The molecule has 10 aromatic carbocycles. The van der Waals surface area contributed by atoms with E-state index in [0.29, 0.717) is 0 Å². The normalized spacial score (nSPS) is 11.8. The highest BCUT2D eigenvalue weighted by Gasteiger charge is 2.18. The SMILES string of the molecule is c1ccc(Oc2ccc(-n3c4ccc(-c5ccc6c(c5)c5ccccc5n6-c5ccccc5)cc4c4cc(-c5ccc6c(c5)c5ccccc5n6-c5ccccc5)ccc43)cc2)cc1. The third-order valence-corrected chi connectivity index (χ3v) is 12.9. The van der Waals surface area contributed by atoms with Crippen LogP contribution in [0, 0.1) is 0 Å². The molecule has 0 aliphatic carbocycles. The van der Waals surface area contributed by atoms with Gasteiger partial charge in [0.2, 0.25) is 0 Å². The first-order valence-electron chi connectivity index (χ1n) is 21.8. The van der Waals surface area contributed by atoms with Crippen molar-refractivity contribution in [1.82, 2.24) is 13.7 Å². The Balaban J connectivity index is 0.985. The first kappa shape index (κ1) is 36.1. The Kier molecular flexibility index (Phi) is 8.18. The van der Waals surface area contributed by atoms with E-state index in [1.54, 1.807) is 0 Å². The molecule has 0 spiro atoms. The van der Waals surface area contributed by atoms with Crippen LogP contribution in [0.1, 0.15) is 0 Å². The van der Waals surface area contributed by atoms with Crippen molar-refractivity contribution in [1.29, 1.82) is 0 Å². The van der Waals surface area contributed by atoms with E-state index in [0.717, 1.165) is 39.6 Å². The van der Waals surface area contributed by atoms with Gasteiger partial charge >= 0.3 is 0 Å². The maximum Gasteiger partial charge on any atom is 0.127 e. The quantitative estimate of drug-likeness (QED) is 0.157. The largest absolute Gasteiger partial charge is 0.457 e. The molecule has 0 saturated heterocycles. The molecule has 13 rings (SSSR count). The van der Waals surface area contributed by atoms with Crippen molar-refractivity contribution < 1.29 is 4.74 Å². The van der Waals surface area contributed by atoms with E-state index in [2.05, 4.69) is 220 Å². The van der Waals surface area contributed by atoms with Gasteiger partial charge in [0.1, 0.15) is 11.5 Å². The minimum atomic E-state index is 0.799. The van der Waals surface area contributed by atoms with Crippen molar-refractivity contribution in [3.05, 3.63) is 237 Å². The molecule has 0 aliphatic rings. The smallest absolute Gasteiger partial charge is 0.127 e. The Labute approximate surface area is 369 Å². The van der Waals surface area contributed by atoms with Crippen LogP contribution in [0.2, 0.25) is 0 Å². The molecule has 64 heavy (non-hydrogen) atoms. The van der Waals surface area contributed by atoms with Crippen LogP contribution in [0.15, 0.2) is 237 Å². The predicted octanol–water partition coefficient (Wildman–Crippen LogP) is 16.1. The fraction of sp³-hybridized carbons (Fsp3) is 0. The Bertz CT molecular complexity index is 3680. The van der Waals surface area contributed by atoms with Crippen LogP contribution < -0.4 is 4.74 Å². The first-order chi connectivity index (χ1) is 31.7. The fourth-order valence-corrected chi connectivity index (χ4v) is 9.96. The van der Waals surface area contributed by atoms with Gasteiger partial charge in [-0.25, -0.2) is 0 Å². The van der Waals surface area contributed by atoms with E-state index in [4.69, 9.17) is 4.74 Å². The van der Waals surface area contributed by atoms with Crippen molar-refractivity contribution in [2.24, 2.45) is 0 Å². The summed E-state index contributed by atoms with van der Waals surface area (Å²) in [6, 6.07) is 84.9. The second-order valence-electron chi connectivity index (χ2n) is 16.5. The lowest BCUT2D eigenvalue weighted by molar-refractivity contribution is 0.482. The topological polar surface area (TPSA) is 24.0 Å². The monoisotopic (exact) mass is 817 g/mol. The number of rotatable bonds is 7. The average molecular weight is 818 g/mol. The number of ether oxygens (including phenoxy) is 1. The molecule has 0 fully saturated rings. The van der Waals surface area contributed by atoms with E-state index in [1.807, 2.05) is 30.3 Å². The van der Waals surface area contributed by atoms with Crippen LogP contribution in [0.3, 0.4) is 0 Å². The van der Waals surface area contributed by atoms with E-state index in [-0.39, 0.29) is 0 Å². The number of nitrogens with zero attached hydrogens (tertiary/aromatic N) is 3. The van der Waals surface area contributed by atoms with E-state index < -0.39 is 0 Å². The number of fused-ring (bicyclic) bond motifs is 9. The molecule has 300 valence electrons. The molecule has 0 unspecified atom stereocenters. The molecular weight excluding hydrogens is 779 g/mol. The third-order valence-electron chi connectivity index (χ3n) is 12.9. The summed E-state index contributed by atoms with van der Waals surface area (Å²) in [7, 11) is 0. The van der Waals surface area contributed by atoms with Crippen molar-refractivity contribution in [2.45, 2.75) is 0 Å². The molecule has 0 saturated carbocycles. The minimum absolute atomic E-state index is 0.799. The second-order valence-corrected chi connectivity index (χ2v) is 16.5. The molecule has 0 amide bonds. The molecule has 0 bridgehead atoms. The molecule has 0 N–H and O–H groups in total. The Morgan fingerprint density at radius 3 is 0.922 bits per heavy atom. The lowest BCUT2D eigenvalue weighted by Gasteiger charge is -2.11. The summed E-state index contributed by atoms with van der Waals surface area (Å²) in [4.78, 5) is 0. The van der Waals surface area contributed by atoms with Crippen LogP contribution >= 0.6 is 0 Å². The third kappa shape index (κ3) is 5.77. The van der Waals surface area contributed by atoms with Crippen LogP contribution in [0.4, 0.5) is 0 Å². The number of benzene rings is 10. The van der Waals surface area contributed by atoms with Gasteiger partial charge in [0.05, 0.1) is 33.1 Å². The number of aromatic nitrogens is 3. The van der Waals surface area contributed by atoms with Crippen LogP contribution in [-0.2, 0) is 0 Å². The highest BCUT2D eigenvalue weighted by molar-refractivity contribution is 6.14.